The normalized spacial score (nSPS) is 14.7. The standard InChI is InChI=1S/C28H24ClF5N4O/c29-26-23(31)6-5-22(30)25(26)27(39)36-19-4-7-24-21(15-19)17(16-35-24)8-9-37-10-12-38(13-11-37)20-3-1-2-18(14-20)28(32,33)34/h1-7,14-16,35H,8-13H2,(H,36,39). The van der Waals surface area contributed by atoms with Crippen LogP contribution < -0.4 is 10.2 Å². The van der Waals surface area contributed by atoms with E-state index in [1.807, 2.05) is 11.1 Å². The molecule has 0 radical (unpaired) electrons. The molecule has 11 heteroatoms. The summed E-state index contributed by atoms with van der Waals surface area (Å²) in [5.41, 5.74) is 1.62. The third-order valence-electron chi connectivity index (χ3n) is 6.90. The van der Waals surface area contributed by atoms with Crippen LogP contribution in [0.4, 0.5) is 33.3 Å². The average Bonchev–Trinajstić information content (AvgIpc) is 3.32. The van der Waals surface area contributed by atoms with Gasteiger partial charge < -0.3 is 15.2 Å². The molecule has 39 heavy (non-hydrogen) atoms. The number of alkyl halides is 3. The van der Waals surface area contributed by atoms with Gasteiger partial charge in [0.25, 0.3) is 5.91 Å². The largest absolute Gasteiger partial charge is 0.416 e. The van der Waals surface area contributed by atoms with Gasteiger partial charge in [-0.25, -0.2) is 8.78 Å². The van der Waals surface area contributed by atoms with Crippen molar-refractivity contribution in [3.8, 4) is 0 Å². The summed E-state index contributed by atoms with van der Waals surface area (Å²) in [4.78, 5) is 20.0. The Bertz CT molecular complexity index is 1510. The Kier molecular flexibility index (Phi) is 7.51. The number of H-pyrrole nitrogens is 1. The number of benzene rings is 3. The lowest BCUT2D eigenvalue weighted by atomic mass is 10.1. The fourth-order valence-electron chi connectivity index (χ4n) is 4.78. The van der Waals surface area contributed by atoms with E-state index in [4.69, 9.17) is 11.6 Å². The molecule has 5 rings (SSSR count). The third kappa shape index (κ3) is 5.86. The molecule has 0 unspecified atom stereocenters. The van der Waals surface area contributed by atoms with Crippen LogP contribution in [0.25, 0.3) is 10.9 Å². The Hall–Kier alpha value is -3.63. The summed E-state index contributed by atoms with van der Waals surface area (Å²) in [6.45, 7) is 3.39. The quantitative estimate of drug-likeness (QED) is 0.202. The van der Waals surface area contributed by atoms with Gasteiger partial charge in [0.1, 0.15) is 11.6 Å². The number of piperazine rings is 1. The molecule has 204 valence electrons. The van der Waals surface area contributed by atoms with Crippen molar-refractivity contribution in [1.82, 2.24) is 9.88 Å². The second-order valence-corrected chi connectivity index (χ2v) is 9.75. The van der Waals surface area contributed by atoms with Crippen LogP contribution in [0, 0.1) is 11.6 Å². The lowest BCUT2D eigenvalue weighted by Gasteiger charge is -2.36. The highest BCUT2D eigenvalue weighted by Gasteiger charge is 2.31. The Balaban J connectivity index is 1.21. The van der Waals surface area contributed by atoms with Gasteiger partial charge in [-0.2, -0.15) is 13.2 Å². The molecule has 0 bridgehead atoms. The second kappa shape index (κ2) is 10.9. The van der Waals surface area contributed by atoms with E-state index in [0.717, 1.165) is 41.2 Å². The zero-order valence-electron chi connectivity index (χ0n) is 20.6. The van der Waals surface area contributed by atoms with Crippen LogP contribution in [0.1, 0.15) is 21.5 Å². The van der Waals surface area contributed by atoms with E-state index in [0.29, 0.717) is 44.0 Å². The molecule has 1 fully saturated rings. The number of carbonyl (C=O) groups is 1. The Morgan fingerprint density at radius 1 is 0.974 bits per heavy atom. The van der Waals surface area contributed by atoms with Crippen molar-refractivity contribution in [2.24, 2.45) is 0 Å². The fraction of sp³-hybridized carbons (Fsp3) is 0.250. The number of amides is 1. The van der Waals surface area contributed by atoms with Gasteiger partial charge in [-0.15, -0.1) is 0 Å². The minimum Gasteiger partial charge on any atom is -0.369 e. The fourth-order valence-corrected chi connectivity index (χ4v) is 5.02. The molecule has 2 N–H and O–H groups in total. The number of carbonyl (C=O) groups excluding carboxylic acids is 1. The van der Waals surface area contributed by atoms with Gasteiger partial charge >= 0.3 is 6.18 Å². The van der Waals surface area contributed by atoms with Gasteiger partial charge in [0.15, 0.2) is 0 Å². The molecule has 0 aliphatic carbocycles. The number of aromatic nitrogens is 1. The molecule has 2 heterocycles. The monoisotopic (exact) mass is 562 g/mol. The first kappa shape index (κ1) is 27.0. The number of anilines is 2. The molecular formula is C28H24ClF5N4O. The van der Waals surface area contributed by atoms with Gasteiger partial charge in [0, 0.05) is 61.2 Å². The van der Waals surface area contributed by atoms with E-state index in [-0.39, 0.29) is 0 Å². The summed E-state index contributed by atoms with van der Waals surface area (Å²) in [6.07, 6.45) is -1.79. The molecule has 0 atom stereocenters. The SMILES string of the molecule is O=C(Nc1ccc2[nH]cc(CCN3CCN(c4cccc(C(F)(F)F)c4)CC3)c2c1)c1c(F)ccc(F)c1Cl. The average molecular weight is 563 g/mol. The van der Waals surface area contributed by atoms with Crippen LogP contribution in [0.5, 0.6) is 0 Å². The first-order chi connectivity index (χ1) is 18.6. The second-order valence-electron chi connectivity index (χ2n) is 9.37. The molecule has 1 aliphatic heterocycles. The predicted octanol–water partition coefficient (Wildman–Crippen LogP) is 6.74. The highest BCUT2D eigenvalue weighted by Crippen LogP contribution is 2.32. The molecule has 5 nitrogen and oxygen atoms in total. The van der Waals surface area contributed by atoms with E-state index in [1.54, 1.807) is 24.3 Å². The highest BCUT2D eigenvalue weighted by atomic mass is 35.5. The first-order valence-corrected chi connectivity index (χ1v) is 12.7. The molecule has 1 saturated heterocycles. The number of hydrogen-bond acceptors (Lipinski definition) is 3. The molecule has 1 amide bonds. The van der Waals surface area contributed by atoms with Crippen molar-refractivity contribution in [3.05, 3.63) is 94.1 Å². The maximum absolute atomic E-state index is 14.1. The number of nitrogens with zero attached hydrogens (tertiary/aromatic N) is 2. The minimum atomic E-state index is -4.37. The van der Waals surface area contributed by atoms with Crippen molar-refractivity contribution in [1.29, 1.82) is 0 Å². The van der Waals surface area contributed by atoms with Crippen molar-refractivity contribution >= 4 is 39.8 Å². The summed E-state index contributed by atoms with van der Waals surface area (Å²) in [7, 11) is 0. The Morgan fingerprint density at radius 2 is 1.72 bits per heavy atom. The summed E-state index contributed by atoms with van der Waals surface area (Å²) >= 11 is 5.81. The number of aromatic amines is 1. The van der Waals surface area contributed by atoms with E-state index in [9.17, 15) is 26.7 Å². The number of halogens is 6. The van der Waals surface area contributed by atoms with Crippen LogP contribution in [-0.2, 0) is 12.6 Å². The zero-order chi connectivity index (χ0) is 27.7. The molecule has 4 aromatic rings. The molecule has 1 aromatic heterocycles. The van der Waals surface area contributed by atoms with Crippen LogP contribution in [0.15, 0.2) is 60.8 Å². The first-order valence-electron chi connectivity index (χ1n) is 12.3. The Morgan fingerprint density at radius 3 is 2.46 bits per heavy atom. The number of fused-ring (bicyclic) bond motifs is 1. The smallest absolute Gasteiger partial charge is 0.369 e. The highest BCUT2D eigenvalue weighted by molar-refractivity contribution is 6.34. The molecular weight excluding hydrogens is 539 g/mol. The van der Waals surface area contributed by atoms with Crippen LogP contribution >= 0.6 is 11.6 Å². The van der Waals surface area contributed by atoms with Gasteiger partial charge in [-0.1, -0.05) is 17.7 Å². The summed E-state index contributed by atoms with van der Waals surface area (Å²) in [5, 5.41) is 2.88. The van der Waals surface area contributed by atoms with Crippen molar-refractivity contribution in [2.45, 2.75) is 12.6 Å². The summed E-state index contributed by atoms with van der Waals surface area (Å²) in [6, 6.07) is 12.3. The van der Waals surface area contributed by atoms with Crippen LogP contribution in [0.2, 0.25) is 5.02 Å². The topological polar surface area (TPSA) is 51.4 Å². The van der Waals surface area contributed by atoms with E-state index in [2.05, 4.69) is 15.2 Å². The van der Waals surface area contributed by atoms with E-state index < -0.39 is 39.9 Å². The van der Waals surface area contributed by atoms with Crippen LogP contribution in [0.3, 0.4) is 0 Å². The number of hydrogen-bond donors (Lipinski definition) is 2. The van der Waals surface area contributed by atoms with Gasteiger partial charge in [0.2, 0.25) is 0 Å². The van der Waals surface area contributed by atoms with Gasteiger partial charge in [0.05, 0.1) is 16.1 Å². The number of nitrogens with one attached hydrogen (secondary N) is 2. The third-order valence-corrected chi connectivity index (χ3v) is 7.27. The van der Waals surface area contributed by atoms with Gasteiger partial charge in [-0.05, 0) is 60.5 Å². The molecule has 3 aromatic carbocycles. The molecule has 0 spiro atoms. The zero-order valence-corrected chi connectivity index (χ0v) is 21.3. The lowest BCUT2D eigenvalue weighted by molar-refractivity contribution is -0.137. The van der Waals surface area contributed by atoms with E-state index >= 15 is 0 Å². The van der Waals surface area contributed by atoms with Crippen molar-refractivity contribution in [2.75, 3.05) is 42.9 Å². The maximum atomic E-state index is 14.1. The lowest BCUT2D eigenvalue weighted by Crippen LogP contribution is -2.47. The minimum absolute atomic E-state index is 0.405. The molecule has 0 saturated carbocycles. The van der Waals surface area contributed by atoms with Gasteiger partial charge in [-0.3, -0.25) is 9.69 Å². The van der Waals surface area contributed by atoms with Crippen molar-refractivity contribution < 1.29 is 26.7 Å². The van der Waals surface area contributed by atoms with E-state index in [1.165, 1.54) is 12.1 Å². The number of rotatable bonds is 6. The maximum Gasteiger partial charge on any atom is 0.416 e. The van der Waals surface area contributed by atoms with Crippen LogP contribution in [-0.4, -0.2) is 48.5 Å². The molecule has 1 aliphatic rings. The Labute approximate surface area is 226 Å². The summed E-state index contributed by atoms with van der Waals surface area (Å²) < 4.78 is 67.1. The van der Waals surface area contributed by atoms with Crippen molar-refractivity contribution in [3.63, 3.8) is 0 Å². The summed E-state index contributed by atoms with van der Waals surface area (Å²) in [5.74, 6) is -2.66. The predicted molar refractivity (Wildman–Crippen MR) is 141 cm³/mol.